The molecule has 22 heavy (non-hydrogen) atoms. The van der Waals surface area contributed by atoms with Gasteiger partial charge in [0.1, 0.15) is 0 Å². The molecule has 0 amide bonds. The van der Waals surface area contributed by atoms with Crippen LogP contribution in [0.15, 0.2) is 18.2 Å². The normalized spacial score (nSPS) is 15.8. The molecule has 4 nitrogen and oxygen atoms in total. The first kappa shape index (κ1) is 17.1. The molecule has 1 aliphatic heterocycles. The molecule has 1 aromatic rings. The first-order valence-electron chi connectivity index (χ1n) is 8.34. The molecular weight excluding hydrogens is 280 g/mol. The predicted molar refractivity (Wildman–Crippen MR) is 86.1 cm³/mol. The van der Waals surface area contributed by atoms with Crippen molar-refractivity contribution in [2.45, 2.75) is 59.4 Å². The van der Waals surface area contributed by atoms with Gasteiger partial charge in [0.15, 0.2) is 17.8 Å². The fraction of sp³-hybridized carbons (Fsp3) is 0.667. The highest BCUT2D eigenvalue weighted by atomic mass is 16.7. The molecule has 0 fully saturated rings. The molecular formula is C18H28O4. The van der Waals surface area contributed by atoms with Crippen LogP contribution in [-0.4, -0.2) is 19.7 Å². The molecule has 0 bridgehead atoms. The van der Waals surface area contributed by atoms with Crippen molar-refractivity contribution < 1.29 is 18.9 Å². The quantitative estimate of drug-likeness (QED) is 0.596. The number of ether oxygens (including phenoxy) is 4. The Morgan fingerprint density at radius 1 is 1.14 bits per heavy atom. The summed E-state index contributed by atoms with van der Waals surface area (Å²) < 4.78 is 22.3. The highest BCUT2D eigenvalue weighted by molar-refractivity contribution is 5.44. The fourth-order valence-electron chi connectivity index (χ4n) is 2.46. The second-order valence-corrected chi connectivity index (χ2v) is 5.82. The van der Waals surface area contributed by atoms with Crippen LogP contribution >= 0.6 is 0 Å². The Labute approximate surface area is 133 Å². The van der Waals surface area contributed by atoms with Gasteiger partial charge in [-0.2, -0.15) is 0 Å². The minimum atomic E-state index is -0.193. The van der Waals surface area contributed by atoms with Gasteiger partial charge in [-0.05, 0) is 37.0 Å². The zero-order chi connectivity index (χ0) is 15.8. The van der Waals surface area contributed by atoms with Gasteiger partial charge in [-0.15, -0.1) is 0 Å². The van der Waals surface area contributed by atoms with Crippen LogP contribution in [0.5, 0.6) is 11.5 Å². The third-order valence-electron chi connectivity index (χ3n) is 4.03. The molecule has 0 unspecified atom stereocenters. The van der Waals surface area contributed by atoms with Gasteiger partial charge in [0.25, 0.3) is 0 Å². The standard InChI is InChI=1S/C18H28O4/c1-4-6-7-15(5-2)11-19-14(3)20-12-16-8-9-17-18(10-16)22-13-21-17/h8-10,14-15H,4-7,11-13H2,1-3H3/t14-,15-/m1/s1. The molecule has 2 atom stereocenters. The lowest BCUT2D eigenvalue weighted by molar-refractivity contribution is -0.146. The third-order valence-corrected chi connectivity index (χ3v) is 4.03. The summed E-state index contributed by atoms with van der Waals surface area (Å²) in [4.78, 5) is 0. The molecule has 4 heteroatoms. The number of rotatable bonds is 10. The van der Waals surface area contributed by atoms with Gasteiger partial charge >= 0.3 is 0 Å². The van der Waals surface area contributed by atoms with Crippen LogP contribution in [0.3, 0.4) is 0 Å². The minimum absolute atomic E-state index is 0.193. The predicted octanol–water partition coefficient (Wildman–Crippen LogP) is 4.51. The highest BCUT2D eigenvalue weighted by Gasteiger charge is 2.14. The molecule has 2 rings (SSSR count). The van der Waals surface area contributed by atoms with Crippen LogP contribution in [0.1, 0.15) is 52.0 Å². The molecule has 1 aromatic carbocycles. The molecule has 0 saturated heterocycles. The summed E-state index contributed by atoms with van der Waals surface area (Å²) in [5, 5.41) is 0. The van der Waals surface area contributed by atoms with E-state index in [9.17, 15) is 0 Å². The zero-order valence-corrected chi connectivity index (χ0v) is 14.0. The van der Waals surface area contributed by atoms with E-state index in [0.29, 0.717) is 19.3 Å². The molecule has 0 spiro atoms. The Bertz CT molecular complexity index is 447. The van der Waals surface area contributed by atoms with Crippen molar-refractivity contribution in [1.29, 1.82) is 0 Å². The van der Waals surface area contributed by atoms with Gasteiger partial charge in [0.2, 0.25) is 6.79 Å². The second-order valence-electron chi connectivity index (χ2n) is 5.82. The van der Waals surface area contributed by atoms with E-state index in [1.807, 2.05) is 25.1 Å². The second kappa shape index (κ2) is 9.01. The van der Waals surface area contributed by atoms with Gasteiger partial charge in [-0.25, -0.2) is 0 Å². The molecule has 1 heterocycles. The van der Waals surface area contributed by atoms with E-state index in [0.717, 1.165) is 30.1 Å². The van der Waals surface area contributed by atoms with Gasteiger partial charge in [-0.1, -0.05) is 39.2 Å². The van der Waals surface area contributed by atoms with Crippen LogP contribution in [0.2, 0.25) is 0 Å². The van der Waals surface area contributed by atoms with Crippen molar-refractivity contribution in [2.75, 3.05) is 13.4 Å². The molecule has 1 aliphatic rings. The van der Waals surface area contributed by atoms with E-state index in [4.69, 9.17) is 18.9 Å². The van der Waals surface area contributed by atoms with Crippen molar-refractivity contribution in [2.24, 2.45) is 5.92 Å². The summed E-state index contributed by atoms with van der Waals surface area (Å²) in [6, 6.07) is 5.88. The maximum Gasteiger partial charge on any atom is 0.231 e. The maximum absolute atomic E-state index is 5.83. The Balaban J connectivity index is 1.69. The third kappa shape index (κ3) is 5.18. The molecule has 0 aliphatic carbocycles. The number of fused-ring (bicyclic) bond motifs is 1. The fourth-order valence-corrected chi connectivity index (χ4v) is 2.46. The van der Waals surface area contributed by atoms with E-state index in [2.05, 4.69) is 13.8 Å². The first-order chi connectivity index (χ1) is 10.7. The number of hydrogen-bond donors (Lipinski definition) is 0. The molecule has 0 aromatic heterocycles. The van der Waals surface area contributed by atoms with Gasteiger partial charge in [-0.3, -0.25) is 0 Å². The van der Waals surface area contributed by atoms with Gasteiger partial charge in [0, 0.05) is 0 Å². The maximum atomic E-state index is 5.83. The largest absolute Gasteiger partial charge is 0.454 e. The van der Waals surface area contributed by atoms with Crippen LogP contribution in [0, 0.1) is 5.92 Å². The minimum Gasteiger partial charge on any atom is -0.454 e. The first-order valence-corrected chi connectivity index (χ1v) is 8.34. The Morgan fingerprint density at radius 2 is 1.95 bits per heavy atom. The molecule has 0 saturated carbocycles. The lowest BCUT2D eigenvalue weighted by Crippen LogP contribution is -2.18. The lowest BCUT2D eigenvalue weighted by Gasteiger charge is -2.19. The van der Waals surface area contributed by atoms with Crippen LogP contribution in [-0.2, 0) is 16.1 Å². The van der Waals surface area contributed by atoms with E-state index < -0.39 is 0 Å². The van der Waals surface area contributed by atoms with Gasteiger partial charge < -0.3 is 18.9 Å². The van der Waals surface area contributed by atoms with E-state index in [1.165, 1.54) is 19.3 Å². The SMILES string of the molecule is CCCC[C@@H](CC)CO[C@@H](C)OCc1ccc2c(c1)OCO2. The van der Waals surface area contributed by atoms with E-state index in [-0.39, 0.29) is 6.29 Å². The molecule has 124 valence electrons. The van der Waals surface area contributed by atoms with Gasteiger partial charge in [0.05, 0.1) is 13.2 Å². The number of unbranched alkanes of at least 4 members (excludes halogenated alkanes) is 1. The van der Waals surface area contributed by atoms with Crippen LogP contribution < -0.4 is 9.47 Å². The summed E-state index contributed by atoms with van der Waals surface area (Å²) in [6.07, 6.45) is 4.72. The van der Waals surface area contributed by atoms with Crippen molar-refractivity contribution in [3.05, 3.63) is 23.8 Å². The topological polar surface area (TPSA) is 36.9 Å². The highest BCUT2D eigenvalue weighted by Crippen LogP contribution is 2.32. The monoisotopic (exact) mass is 308 g/mol. The summed E-state index contributed by atoms with van der Waals surface area (Å²) in [5.74, 6) is 2.23. The van der Waals surface area contributed by atoms with Crippen molar-refractivity contribution in [3.63, 3.8) is 0 Å². The summed E-state index contributed by atoms with van der Waals surface area (Å²) in [5.41, 5.74) is 1.07. The van der Waals surface area contributed by atoms with Crippen LogP contribution in [0.4, 0.5) is 0 Å². The number of benzene rings is 1. The summed E-state index contributed by atoms with van der Waals surface area (Å²) in [7, 11) is 0. The van der Waals surface area contributed by atoms with Crippen molar-refractivity contribution in [3.8, 4) is 11.5 Å². The summed E-state index contributed by atoms with van der Waals surface area (Å²) >= 11 is 0. The van der Waals surface area contributed by atoms with Crippen molar-refractivity contribution in [1.82, 2.24) is 0 Å². The average Bonchev–Trinajstić information content (AvgIpc) is 3.00. The lowest BCUT2D eigenvalue weighted by atomic mass is 10.0. The van der Waals surface area contributed by atoms with E-state index in [1.54, 1.807) is 0 Å². The number of hydrogen-bond acceptors (Lipinski definition) is 4. The van der Waals surface area contributed by atoms with Crippen LogP contribution in [0.25, 0.3) is 0 Å². The Hall–Kier alpha value is -1.26. The molecule has 0 radical (unpaired) electrons. The summed E-state index contributed by atoms with van der Waals surface area (Å²) in [6.45, 7) is 8.00. The Kier molecular flexibility index (Phi) is 7.00. The molecule has 0 N–H and O–H groups in total. The van der Waals surface area contributed by atoms with E-state index >= 15 is 0 Å². The zero-order valence-electron chi connectivity index (χ0n) is 14.0. The Morgan fingerprint density at radius 3 is 2.73 bits per heavy atom. The van der Waals surface area contributed by atoms with Crippen molar-refractivity contribution >= 4 is 0 Å². The average molecular weight is 308 g/mol. The smallest absolute Gasteiger partial charge is 0.231 e.